The summed E-state index contributed by atoms with van der Waals surface area (Å²) in [5.74, 6) is -0.576. The van der Waals surface area contributed by atoms with Gasteiger partial charge in [-0.25, -0.2) is 4.79 Å². The first-order chi connectivity index (χ1) is 16.5. The normalized spacial score (nSPS) is 20.5. The van der Waals surface area contributed by atoms with Gasteiger partial charge in [0, 0.05) is 49.6 Å². The highest BCUT2D eigenvalue weighted by molar-refractivity contribution is 6.30. The topological polar surface area (TPSA) is 73.9 Å². The number of rotatable bonds is 4. The van der Waals surface area contributed by atoms with Gasteiger partial charge in [-0.15, -0.1) is 0 Å². The van der Waals surface area contributed by atoms with E-state index in [1.165, 1.54) is 12.0 Å². The van der Waals surface area contributed by atoms with Gasteiger partial charge in [0.05, 0.1) is 11.7 Å². The van der Waals surface area contributed by atoms with Gasteiger partial charge in [0.15, 0.2) is 0 Å². The molecule has 11 heteroatoms. The zero-order valence-corrected chi connectivity index (χ0v) is 20.0. The molecule has 0 aromatic heterocycles. The van der Waals surface area contributed by atoms with Gasteiger partial charge in [-0.05, 0) is 61.0 Å². The lowest BCUT2D eigenvalue weighted by atomic mass is 9.93. The van der Waals surface area contributed by atoms with Gasteiger partial charge in [-0.3, -0.25) is 4.79 Å². The number of hydrogen-bond donors (Lipinski definition) is 2. The third-order valence-corrected chi connectivity index (χ3v) is 6.61. The van der Waals surface area contributed by atoms with Crippen molar-refractivity contribution in [2.24, 2.45) is 0 Å². The highest BCUT2D eigenvalue weighted by atomic mass is 35.5. The van der Waals surface area contributed by atoms with Crippen LogP contribution in [0.3, 0.4) is 0 Å². The van der Waals surface area contributed by atoms with Gasteiger partial charge in [-0.1, -0.05) is 11.6 Å². The van der Waals surface area contributed by atoms with Crippen LogP contribution >= 0.6 is 11.6 Å². The minimum atomic E-state index is -4.54. The fourth-order valence-electron chi connectivity index (χ4n) is 4.56. The molecule has 0 saturated carbocycles. The summed E-state index contributed by atoms with van der Waals surface area (Å²) in [6.07, 6.45) is -4.42. The molecule has 35 heavy (non-hydrogen) atoms. The van der Waals surface area contributed by atoms with Crippen molar-refractivity contribution in [1.82, 2.24) is 9.80 Å². The number of ether oxygens (including phenoxy) is 1. The third kappa shape index (κ3) is 5.71. The molecule has 188 valence electrons. The number of alkyl halides is 3. The average molecular weight is 511 g/mol. The van der Waals surface area contributed by atoms with Crippen LogP contribution in [0.5, 0.6) is 0 Å². The van der Waals surface area contributed by atoms with Crippen LogP contribution in [0.15, 0.2) is 36.4 Å². The van der Waals surface area contributed by atoms with Gasteiger partial charge in [0.2, 0.25) is 5.91 Å². The van der Waals surface area contributed by atoms with E-state index >= 15 is 0 Å². The van der Waals surface area contributed by atoms with E-state index in [1.807, 2.05) is 11.9 Å². The molecule has 2 aromatic rings. The Morgan fingerprint density at radius 1 is 1.11 bits per heavy atom. The molecule has 2 N–H and O–H groups in total. The number of anilines is 2. The molecule has 4 rings (SSSR count). The van der Waals surface area contributed by atoms with Gasteiger partial charge in [0.1, 0.15) is 6.04 Å². The molecule has 2 aliphatic heterocycles. The van der Waals surface area contributed by atoms with Crippen LogP contribution in [0.1, 0.15) is 23.1 Å². The maximum atomic E-state index is 13.8. The summed E-state index contributed by atoms with van der Waals surface area (Å²) >= 11 is 5.88. The molecule has 1 unspecified atom stereocenters. The largest absolute Gasteiger partial charge is 0.416 e. The molecule has 2 heterocycles. The molecular weight excluding hydrogens is 485 g/mol. The van der Waals surface area contributed by atoms with Crippen molar-refractivity contribution >= 4 is 34.9 Å². The summed E-state index contributed by atoms with van der Waals surface area (Å²) in [7, 11) is 3.32. The molecule has 0 bridgehead atoms. The summed E-state index contributed by atoms with van der Waals surface area (Å²) in [5, 5.41) is 5.84. The summed E-state index contributed by atoms with van der Waals surface area (Å²) in [6, 6.07) is 7.62. The maximum Gasteiger partial charge on any atom is 0.416 e. The molecular formula is C24H26ClF3N4O3. The van der Waals surface area contributed by atoms with E-state index in [-0.39, 0.29) is 36.7 Å². The number of likely N-dealkylation sites (N-methyl/N-ethyl adjacent to an activating group) is 1. The monoisotopic (exact) mass is 510 g/mol. The van der Waals surface area contributed by atoms with E-state index in [0.29, 0.717) is 29.4 Å². The zero-order valence-electron chi connectivity index (χ0n) is 19.3. The van der Waals surface area contributed by atoms with Crippen LogP contribution in [0.2, 0.25) is 5.02 Å². The molecule has 2 aromatic carbocycles. The van der Waals surface area contributed by atoms with Gasteiger partial charge < -0.3 is 25.2 Å². The number of amides is 3. The van der Waals surface area contributed by atoms with Crippen molar-refractivity contribution < 1.29 is 27.5 Å². The van der Waals surface area contributed by atoms with E-state index in [9.17, 15) is 22.8 Å². The van der Waals surface area contributed by atoms with E-state index < -0.39 is 29.7 Å². The molecule has 7 nitrogen and oxygen atoms in total. The predicted octanol–water partition coefficient (Wildman–Crippen LogP) is 4.61. The highest BCUT2D eigenvalue weighted by Crippen LogP contribution is 2.38. The van der Waals surface area contributed by atoms with Crippen molar-refractivity contribution in [3.05, 3.63) is 58.1 Å². The number of likely N-dealkylation sites (tertiary alicyclic amines) is 1. The van der Waals surface area contributed by atoms with Crippen molar-refractivity contribution in [2.75, 3.05) is 37.9 Å². The van der Waals surface area contributed by atoms with Crippen molar-refractivity contribution in [2.45, 2.75) is 37.7 Å². The Bertz CT molecular complexity index is 1110. The lowest BCUT2D eigenvalue weighted by Crippen LogP contribution is -2.45. The van der Waals surface area contributed by atoms with Gasteiger partial charge in [0.25, 0.3) is 0 Å². The number of urea groups is 1. The first kappa shape index (κ1) is 25.3. The third-order valence-electron chi connectivity index (χ3n) is 6.35. The fourth-order valence-corrected chi connectivity index (χ4v) is 4.69. The second-order valence-corrected chi connectivity index (χ2v) is 9.27. The Balaban J connectivity index is 1.56. The molecule has 0 radical (unpaired) electrons. The minimum absolute atomic E-state index is 0.0512. The van der Waals surface area contributed by atoms with Gasteiger partial charge >= 0.3 is 12.2 Å². The van der Waals surface area contributed by atoms with E-state index in [1.54, 1.807) is 30.3 Å². The number of hydrogen-bond acceptors (Lipinski definition) is 4. The number of carbonyl (C=O) groups excluding carboxylic acids is 2. The lowest BCUT2D eigenvalue weighted by Gasteiger charge is -2.29. The van der Waals surface area contributed by atoms with E-state index in [0.717, 1.165) is 6.07 Å². The van der Waals surface area contributed by atoms with Crippen LogP contribution in [0.25, 0.3) is 0 Å². The second kappa shape index (κ2) is 10.0. The number of fused-ring (bicyclic) bond motifs is 1. The Kier molecular flexibility index (Phi) is 7.25. The summed E-state index contributed by atoms with van der Waals surface area (Å²) < 4.78 is 46.7. The number of nitrogens with one attached hydrogen (secondary N) is 2. The number of benzene rings is 2. The maximum absolute atomic E-state index is 13.8. The standard InChI is InChI=1S/C24H26ClF3N4O3/c1-31-8-7-19-14(12-31)9-17(10-20(19)24(26,27)28)29-22(33)21-11-18(35-2)13-32(21)23(34)30-16-5-3-15(25)4-6-16/h3-6,9-10,18,21H,7-8,11-13H2,1-2H3,(H,29,33)(H,30,34)/t18?,21-/m1/s1. The number of methoxy groups -OCH3 is 1. The van der Waals surface area contributed by atoms with E-state index in [4.69, 9.17) is 16.3 Å². The van der Waals surface area contributed by atoms with E-state index in [2.05, 4.69) is 10.6 Å². The zero-order chi connectivity index (χ0) is 25.3. The summed E-state index contributed by atoms with van der Waals surface area (Å²) in [5.41, 5.74) is 0.598. The van der Waals surface area contributed by atoms with Crippen LogP contribution in [0.4, 0.5) is 29.3 Å². The molecule has 1 fully saturated rings. The van der Waals surface area contributed by atoms with Crippen LogP contribution in [-0.4, -0.2) is 61.1 Å². The smallest absolute Gasteiger partial charge is 0.380 e. The molecule has 2 atom stereocenters. The lowest BCUT2D eigenvalue weighted by molar-refractivity contribution is -0.138. The van der Waals surface area contributed by atoms with Crippen LogP contribution < -0.4 is 10.6 Å². The molecule has 0 spiro atoms. The van der Waals surface area contributed by atoms with Crippen molar-refractivity contribution in [1.29, 1.82) is 0 Å². The SMILES string of the molecule is COC1C[C@H](C(=O)Nc2cc3c(c(C(F)(F)F)c2)CCN(C)C3)N(C(=O)Nc2ccc(Cl)cc2)C1. The summed E-state index contributed by atoms with van der Waals surface area (Å²) in [4.78, 5) is 29.4. The first-order valence-corrected chi connectivity index (χ1v) is 11.5. The van der Waals surface area contributed by atoms with Crippen LogP contribution in [-0.2, 0) is 28.7 Å². The Hall–Kier alpha value is -2.82. The Morgan fingerprint density at radius 3 is 2.49 bits per heavy atom. The van der Waals surface area contributed by atoms with Crippen molar-refractivity contribution in [3.8, 4) is 0 Å². The molecule has 0 aliphatic carbocycles. The molecule has 1 saturated heterocycles. The second-order valence-electron chi connectivity index (χ2n) is 8.83. The predicted molar refractivity (Wildman–Crippen MR) is 126 cm³/mol. The van der Waals surface area contributed by atoms with Crippen molar-refractivity contribution in [3.63, 3.8) is 0 Å². The van der Waals surface area contributed by atoms with Gasteiger partial charge in [-0.2, -0.15) is 13.2 Å². The molecule has 3 amide bonds. The average Bonchev–Trinajstić information content (AvgIpc) is 3.24. The minimum Gasteiger partial charge on any atom is -0.380 e. The molecule has 2 aliphatic rings. The highest BCUT2D eigenvalue weighted by Gasteiger charge is 2.41. The Labute approximate surface area is 206 Å². The summed E-state index contributed by atoms with van der Waals surface area (Å²) in [6.45, 7) is 1.05. The van der Waals surface area contributed by atoms with Crippen LogP contribution in [0, 0.1) is 0 Å². The Morgan fingerprint density at radius 2 is 1.83 bits per heavy atom. The fraction of sp³-hybridized carbons (Fsp3) is 0.417. The number of nitrogens with zero attached hydrogens (tertiary/aromatic N) is 2. The quantitative estimate of drug-likeness (QED) is 0.630. The number of halogens is 4. The number of carbonyl (C=O) groups is 2. The first-order valence-electron chi connectivity index (χ1n) is 11.1.